The van der Waals surface area contributed by atoms with E-state index >= 15 is 0 Å². The van der Waals surface area contributed by atoms with Gasteiger partial charge in [0.15, 0.2) is 0 Å². The summed E-state index contributed by atoms with van der Waals surface area (Å²) in [5, 5.41) is 2.71. The van der Waals surface area contributed by atoms with Gasteiger partial charge in [0, 0.05) is 37.6 Å². The molecule has 2 fully saturated rings. The van der Waals surface area contributed by atoms with Gasteiger partial charge in [0.05, 0.1) is 12.1 Å². The average molecular weight is 330 g/mol. The summed E-state index contributed by atoms with van der Waals surface area (Å²) in [5.74, 6) is 0.133. The zero-order valence-electron chi connectivity index (χ0n) is 14.5. The van der Waals surface area contributed by atoms with Gasteiger partial charge in [-0.2, -0.15) is 0 Å². The van der Waals surface area contributed by atoms with Crippen LogP contribution in [0.3, 0.4) is 0 Å². The smallest absolute Gasteiger partial charge is 0.255 e. The van der Waals surface area contributed by atoms with Crippen LogP contribution in [0.5, 0.6) is 0 Å². The van der Waals surface area contributed by atoms with Crippen LogP contribution in [0.4, 0.5) is 0 Å². The summed E-state index contributed by atoms with van der Waals surface area (Å²) in [7, 11) is 1.68. The molecule has 6 nitrogen and oxygen atoms in total. The highest BCUT2D eigenvalue weighted by atomic mass is 16.2. The Labute approximate surface area is 143 Å². The SMILES string of the molecule is CNC(=O)CN1CCCC12CCN(C(=O)c1ccc(C)nc1)CC2. The summed E-state index contributed by atoms with van der Waals surface area (Å²) >= 11 is 0. The van der Waals surface area contributed by atoms with E-state index in [0.717, 1.165) is 51.0 Å². The number of hydrogen-bond donors (Lipinski definition) is 1. The highest BCUT2D eigenvalue weighted by Gasteiger charge is 2.44. The van der Waals surface area contributed by atoms with Gasteiger partial charge in [-0.25, -0.2) is 0 Å². The van der Waals surface area contributed by atoms with Crippen LogP contribution >= 0.6 is 0 Å². The number of aromatic nitrogens is 1. The van der Waals surface area contributed by atoms with E-state index in [0.29, 0.717) is 12.1 Å². The van der Waals surface area contributed by atoms with Crippen molar-refractivity contribution in [2.75, 3.05) is 33.2 Å². The third-order valence-corrected chi connectivity index (χ3v) is 5.49. The van der Waals surface area contributed by atoms with E-state index in [1.807, 2.05) is 24.0 Å². The number of carbonyl (C=O) groups excluding carboxylic acids is 2. The zero-order valence-corrected chi connectivity index (χ0v) is 14.5. The van der Waals surface area contributed by atoms with Crippen LogP contribution in [-0.4, -0.2) is 65.4 Å². The molecule has 130 valence electrons. The number of carbonyl (C=O) groups is 2. The van der Waals surface area contributed by atoms with Crippen LogP contribution in [0.2, 0.25) is 0 Å². The molecule has 6 heteroatoms. The number of pyridine rings is 1. The van der Waals surface area contributed by atoms with E-state index in [-0.39, 0.29) is 17.4 Å². The molecule has 0 unspecified atom stereocenters. The third kappa shape index (κ3) is 3.29. The summed E-state index contributed by atoms with van der Waals surface area (Å²) in [6, 6.07) is 3.73. The fourth-order valence-corrected chi connectivity index (χ4v) is 3.96. The molecular formula is C18H26N4O2. The molecule has 2 amide bonds. The topological polar surface area (TPSA) is 65.5 Å². The van der Waals surface area contributed by atoms with Crippen molar-refractivity contribution in [3.05, 3.63) is 29.6 Å². The third-order valence-electron chi connectivity index (χ3n) is 5.49. The van der Waals surface area contributed by atoms with E-state index < -0.39 is 0 Å². The number of hydrogen-bond acceptors (Lipinski definition) is 4. The summed E-state index contributed by atoms with van der Waals surface area (Å²) in [6.45, 7) is 4.85. The zero-order chi connectivity index (χ0) is 17.2. The minimum atomic E-state index is 0.0631. The second-order valence-electron chi connectivity index (χ2n) is 6.90. The van der Waals surface area contributed by atoms with Gasteiger partial charge in [-0.3, -0.25) is 19.5 Å². The summed E-state index contributed by atoms with van der Waals surface area (Å²) in [6.07, 6.45) is 5.80. The molecule has 0 saturated carbocycles. The normalized spacial score (nSPS) is 20.3. The molecular weight excluding hydrogens is 304 g/mol. The molecule has 3 rings (SSSR count). The molecule has 0 radical (unpaired) electrons. The van der Waals surface area contributed by atoms with Crippen molar-refractivity contribution in [1.82, 2.24) is 20.1 Å². The largest absolute Gasteiger partial charge is 0.358 e. The minimum absolute atomic E-state index is 0.0631. The maximum Gasteiger partial charge on any atom is 0.255 e. The van der Waals surface area contributed by atoms with Gasteiger partial charge < -0.3 is 10.2 Å². The lowest BCUT2D eigenvalue weighted by atomic mass is 9.84. The molecule has 0 bridgehead atoms. The number of rotatable bonds is 3. The number of likely N-dealkylation sites (tertiary alicyclic amines) is 2. The number of piperidine rings is 1. The molecule has 24 heavy (non-hydrogen) atoms. The average Bonchev–Trinajstić information content (AvgIpc) is 2.97. The number of amides is 2. The van der Waals surface area contributed by atoms with Crippen molar-refractivity contribution in [3.8, 4) is 0 Å². The van der Waals surface area contributed by atoms with Crippen molar-refractivity contribution >= 4 is 11.8 Å². The van der Waals surface area contributed by atoms with E-state index in [1.54, 1.807) is 13.2 Å². The number of likely N-dealkylation sites (N-methyl/N-ethyl adjacent to an activating group) is 1. The van der Waals surface area contributed by atoms with E-state index in [1.165, 1.54) is 0 Å². The van der Waals surface area contributed by atoms with E-state index in [4.69, 9.17) is 0 Å². The van der Waals surface area contributed by atoms with Crippen LogP contribution in [0.25, 0.3) is 0 Å². The van der Waals surface area contributed by atoms with Crippen LogP contribution in [-0.2, 0) is 4.79 Å². The van der Waals surface area contributed by atoms with Crippen molar-refractivity contribution in [1.29, 1.82) is 0 Å². The quantitative estimate of drug-likeness (QED) is 0.905. The van der Waals surface area contributed by atoms with Crippen molar-refractivity contribution < 1.29 is 9.59 Å². The van der Waals surface area contributed by atoms with Gasteiger partial charge in [-0.1, -0.05) is 0 Å². The van der Waals surface area contributed by atoms with Crippen LogP contribution in [0.15, 0.2) is 18.3 Å². The Bertz CT molecular complexity index is 606. The molecule has 1 aromatic heterocycles. The van der Waals surface area contributed by atoms with Gasteiger partial charge in [0.25, 0.3) is 5.91 Å². The molecule has 0 atom stereocenters. The number of nitrogens with zero attached hydrogens (tertiary/aromatic N) is 3. The first-order valence-electron chi connectivity index (χ1n) is 8.72. The first kappa shape index (κ1) is 16.9. The standard InChI is InChI=1S/C18H26N4O2/c1-14-4-5-15(12-20-14)17(24)21-10-7-18(8-11-21)6-3-9-22(18)13-16(23)19-2/h4-5,12H,3,6-11,13H2,1-2H3,(H,19,23). The molecule has 1 spiro atoms. The van der Waals surface area contributed by atoms with Gasteiger partial charge in [0.2, 0.25) is 5.91 Å². The van der Waals surface area contributed by atoms with Gasteiger partial charge in [-0.15, -0.1) is 0 Å². The lowest BCUT2D eigenvalue weighted by molar-refractivity contribution is -0.123. The second kappa shape index (κ2) is 6.89. The summed E-state index contributed by atoms with van der Waals surface area (Å²) in [5.41, 5.74) is 1.67. The van der Waals surface area contributed by atoms with Crippen molar-refractivity contribution in [2.45, 2.75) is 38.1 Å². The van der Waals surface area contributed by atoms with Gasteiger partial charge in [-0.05, 0) is 51.3 Å². The van der Waals surface area contributed by atoms with Crippen LogP contribution in [0, 0.1) is 6.92 Å². The highest BCUT2D eigenvalue weighted by molar-refractivity contribution is 5.94. The molecule has 1 aromatic rings. The Kier molecular flexibility index (Phi) is 4.85. The molecule has 3 heterocycles. The minimum Gasteiger partial charge on any atom is -0.358 e. The lowest BCUT2D eigenvalue weighted by Gasteiger charge is -2.44. The Hall–Kier alpha value is -1.95. The predicted octanol–water partition coefficient (Wildman–Crippen LogP) is 1.21. The summed E-state index contributed by atoms with van der Waals surface area (Å²) < 4.78 is 0. The van der Waals surface area contributed by atoms with Crippen LogP contribution in [0.1, 0.15) is 41.7 Å². The molecule has 2 saturated heterocycles. The maximum atomic E-state index is 12.6. The molecule has 2 aliphatic heterocycles. The van der Waals surface area contributed by atoms with E-state index in [2.05, 4.69) is 15.2 Å². The number of nitrogens with one attached hydrogen (secondary N) is 1. The first-order valence-corrected chi connectivity index (χ1v) is 8.72. The van der Waals surface area contributed by atoms with E-state index in [9.17, 15) is 9.59 Å². The molecule has 0 aliphatic carbocycles. The highest BCUT2D eigenvalue weighted by Crippen LogP contribution is 2.38. The van der Waals surface area contributed by atoms with Gasteiger partial charge >= 0.3 is 0 Å². The Morgan fingerprint density at radius 2 is 1.96 bits per heavy atom. The van der Waals surface area contributed by atoms with Crippen LogP contribution < -0.4 is 5.32 Å². The summed E-state index contributed by atoms with van der Waals surface area (Å²) in [4.78, 5) is 32.8. The van der Waals surface area contributed by atoms with Crippen molar-refractivity contribution in [2.24, 2.45) is 0 Å². The lowest BCUT2D eigenvalue weighted by Crippen LogP contribution is -2.55. The molecule has 0 aromatic carbocycles. The fourth-order valence-electron chi connectivity index (χ4n) is 3.96. The molecule has 1 N–H and O–H groups in total. The number of aryl methyl sites for hydroxylation is 1. The predicted molar refractivity (Wildman–Crippen MR) is 91.7 cm³/mol. The van der Waals surface area contributed by atoms with Gasteiger partial charge in [0.1, 0.15) is 0 Å². The Morgan fingerprint density at radius 3 is 2.58 bits per heavy atom. The Morgan fingerprint density at radius 1 is 1.21 bits per heavy atom. The fraction of sp³-hybridized carbons (Fsp3) is 0.611. The maximum absolute atomic E-state index is 12.6. The molecule has 2 aliphatic rings. The Balaban J connectivity index is 1.63. The second-order valence-corrected chi connectivity index (χ2v) is 6.90. The van der Waals surface area contributed by atoms with Crippen molar-refractivity contribution in [3.63, 3.8) is 0 Å². The first-order chi connectivity index (χ1) is 11.5. The monoisotopic (exact) mass is 330 g/mol.